The number of amides is 2. The third-order valence-corrected chi connectivity index (χ3v) is 4.65. The molecule has 1 heterocycles. The minimum Gasteiger partial charge on any atom is -0.467 e. The highest BCUT2D eigenvalue weighted by Gasteiger charge is 2.36. The Morgan fingerprint density at radius 2 is 1.74 bits per heavy atom. The second-order valence-corrected chi connectivity index (χ2v) is 6.51. The van der Waals surface area contributed by atoms with Gasteiger partial charge in [0.1, 0.15) is 6.04 Å². The van der Waals surface area contributed by atoms with Crippen molar-refractivity contribution in [2.24, 2.45) is 5.92 Å². The lowest BCUT2D eigenvalue weighted by molar-refractivity contribution is -0.145. The van der Waals surface area contributed by atoms with E-state index in [0.29, 0.717) is 13.0 Å². The molecule has 0 aromatic heterocycles. The number of methoxy groups -OCH3 is 1. The zero-order valence-electron chi connectivity index (χ0n) is 15.1. The number of nitrogens with zero attached hydrogens (tertiary/aromatic N) is 1. The number of carbonyl (C=O) groups excluding carboxylic acids is 3. The monoisotopic (exact) mass is 366 g/mol. The number of rotatable bonds is 6. The molecule has 2 amide bonds. The standard InChI is InChI=1S/C21H22N2O4/c1-27-21(26)18(12-15-8-4-2-5-9-15)22-20(25)16-13-19(24)23(14-16)17-10-6-3-7-11-17/h2-11,16,18H,12-14H2,1H3,(H,22,25)/t16-,18-/m1/s1. The Bertz CT molecular complexity index is 807. The first-order valence-corrected chi connectivity index (χ1v) is 8.86. The van der Waals surface area contributed by atoms with E-state index in [1.165, 1.54) is 7.11 Å². The normalized spacial score (nSPS) is 17.4. The van der Waals surface area contributed by atoms with Crippen LogP contribution in [-0.4, -0.2) is 37.5 Å². The molecule has 0 saturated carbocycles. The maximum atomic E-state index is 12.7. The smallest absolute Gasteiger partial charge is 0.328 e. The lowest BCUT2D eigenvalue weighted by Crippen LogP contribution is -2.46. The van der Waals surface area contributed by atoms with Crippen LogP contribution < -0.4 is 10.2 Å². The van der Waals surface area contributed by atoms with Crippen molar-refractivity contribution < 1.29 is 19.1 Å². The molecule has 0 aliphatic carbocycles. The van der Waals surface area contributed by atoms with E-state index in [2.05, 4.69) is 5.32 Å². The number of anilines is 1. The van der Waals surface area contributed by atoms with E-state index in [4.69, 9.17) is 4.74 Å². The summed E-state index contributed by atoms with van der Waals surface area (Å²) in [5.41, 5.74) is 1.69. The maximum Gasteiger partial charge on any atom is 0.328 e. The Morgan fingerprint density at radius 3 is 2.37 bits per heavy atom. The number of benzene rings is 2. The summed E-state index contributed by atoms with van der Waals surface area (Å²) in [4.78, 5) is 38.7. The highest BCUT2D eigenvalue weighted by Crippen LogP contribution is 2.25. The van der Waals surface area contributed by atoms with Gasteiger partial charge in [-0.15, -0.1) is 0 Å². The second-order valence-electron chi connectivity index (χ2n) is 6.51. The number of hydrogen-bond donors (Lipinski definition) is 1. The van der Waals surface area contributed by atoms with Crippen molar-refractivity contribution in [2.75, 3.05) is 18.6 Å². The van der Waals surface area contributed by atoms with Gasteiger partial charge in [-0.25, -0.2) is 4.79 Å². The molecule has 1 aliphatic rings. The largest absolute Gasteiger partial charge is 0.467 e. The molecule has 1 aliphatic heterocycles. The molecule has 0 bridgehead atoms. The van der Waals surface area contributed by atoms with Crippen LogP contribution in [0.4, 0.5) is 5.69 Å². The molecule has 0 spiro atoms. The van der Waals surface area contributed by atoms with Gasteiger partial charge in [0.15, 0.2) is 0 Å². The van der Waals surface area contributed by atoms with Crippen molar-refractivity contribution in [3.05, 3.63) is 66.2 Å². The molecule has 2 aromatic carbocycles. The quantitative estimate of drug-likeness (QED) is 0.793. The molecule has 140 valence electrons. The lowest BCUT2D eigenvalue weighted by atomic mass is 10.0. The summed E-state index contributed by atoms with van der Waals surface area (Å²) in [6.45, 7) is 0.300. The topological polar surface area (TPSA) is 75.7 Å². The Hall–Kier alpha value is -3.15. The van der Waals surface area contributed by atoms with Crippen LogP contribution in [0.5, 0.6) is 0 Å². The maximum absolute atomic E-state index is 12.7. The molecule has 2 aromatic rings. The molecule has 3 rings (SSSR count). The Morgan fingerprint density at radius 1 is 1.11 bits per heavy atom. The highest BCUT2D eigenvalue weighted by molar-refractivity contribution is 6.00. The fourth-order valence-electron chi connectivity index (χ4n) is 3.22. The summed E-state index contributed by atoms with van der Waals surface area (Å²) in [6, 6.07) is 17.9. The third-order valence-electron chi connectivity index (χ3n) is 4.65. The van der Waals surface area contributed by atoms with Crippen molar-refractivity contribution in [1.29, 1.82) is 0 Å². The summed E-state index contributed by atoms with van der Waals surface area (Å²) < 4.78 is 4.83. The molecule has 0 radical (unpaired) electrons. The van der Waals surface area contributed by atoms with E-state index in [9.17, 15) is 14.4 Å². The fourth-order valence-corrected chi connectivity index (χ4v) is 3.22. The predicted octanol–water partition coefficient (Wildman–Crippen LogP) is 1.94. The summed E-state index contributed by atoms with van der Waals surface area (Å²) in [7, 11) is 1.29. The van der Waals surface area contributed by atoms with Crippen LogP contribution in [0.2, 0.25) is 0 Å². The first-order chi connectivity index (χ1) is 13.1. The predicted molar refractivity (Wildman–Crippen MR) is 101 cm³/mol. The van der Waals surface area contributed by atoms with Gasteiger partial charge in [0, 0.05) is 25.1 Å². The van der Waals surface area contributed by atoms with Gasteiger partial charge in [-0.3, -0.25) is 9.59 Å². The molecule has 27 heavy (non-hydrogen) atoms. The van der Waals surface area contributed by atoms with Gasteiger partial charge in [-0.05, 0) is 17.7 Å². The molecule has 1 saturated heterocycles. The Kier molecular flexibility index (Phi) is 5.86. The molecule has 0 unspecified atom stereocenters. The summed E-state index contributed by atoms with van der Waals surface area (Å²) in [5, 5.41) is 2.76. The number of carbonyl (C=O) groups is 3. The minimum atomic E-state index is -0.786. The van der Waals surface area contributed by atoms with Crippen LogP contribution in [0.3, 0.4) is 0 Å². The number of esters is 1. The summed E-state index contributed by atoms with van der Waals surface area (Å²) in [6.07, 6.45) is 0.461. The number of nitrogens with one attached hydrogen (secondary N) is 1. The second kappa shape index (κ2) is 8.49. The molecule has 6 heteroatoms. The third kappa shape index (κ3) is 4.53. The minimum absolute atomic E-state index is 0.0981. The zero-order chi connectivity index (χ0) is 19.2. The average molecular weight is 366 g/mol. The van der Waals surface area contributed by atoms with Crippen molar-refractivity contribution in [3.8, 4) is 0 Å². The summed E-state index contributed by atoms with van der Waals surface area (Å²) in [5.74, 6) is -1.41. The van der Waals surface area contributed by atoms with Crippen molar-refractivity contribution in [2.45, 2.75) is 18.9 Å². The van der Waals surface area contributed by atoms with Crippen molar-refractivity contribution >= 4 is 23.5 Å². The van der Waals surface area contributed by atoms with Gasteiger partial charge < -0.3 is 15.0 Å². The van der Waals surface area contributed by atoms with Crippen LogP contribution in [-0.2, 0) is 25.5 Å². The number of hydrogen-bond acceptors (Lipinski definition) is 4. The van der Waals surface area contributed by atoms with E-state index in [0.717, 1.165) is 11.3 Å². The molecule has 1 N–H and O–H groups in total. The van der Waals surface area contributed by atoms with Crippen LogP contribution in [0.15, 0.2) is 60.7 Å². The van der Waals surface area contributed by atoms with Crippen LogP contribution in [0.1, 0.15) is 12.0 Å². The van der Waals surface area contributed by atoms with Gasteiger partial charge >= 0.3 is 5.97 Å². The van der Waals surface area contributed by atoms with Gasteiger partial charge in [-0.2, -0.15) is 0 Å². The van der Waals surface area contributed by atoms with E-state index < -0.39 is 17.9 Å². The molecule has 1 fully saturated rings. The SMILES string of the molecule is COC(=O)[C@@H](Cc1ccccc1)NC(=O)[C@@H]1CC(=O)N(c2ccccc2)C1. The molecule has 6 nitrogen and oxygen atoms in total. The Balaban J connectivity index is 1.67. The van der Waals surface area contributed by atoms with Crippen LogP contribution in [0, 0.1) is 5.92 Å². The van der Waals surface area contributed by atoms with Crippen LogP contribution >= 0.6 is 0 Å². The van der Waals surface area contributed by atoms with E-state index >= 15 is 0 Å². The first-order valence-electron chi connectivity index (χ1n) is 8.86. The van der Waals surface area contributed by atoms with Crippen molar-refractivity contribution in [1.82, 2.24) is 5.32 Å². The van der Waals surface area contributed by atoms with Gasteiger partial charge in [0.2, 0.25) is 11.8 Å². The number of ether oxygens (including phenoxy) is 1. The average Bonchev–Trinajstić information content (AvgIpc) is 3.10. The summed E-state index contributed by atoms with van der Waals surface area (Å²) >= 11 is 0. The highest BCUT2D eigenvalue weighted by atomic mass is 16.5. The number of para-hydroxylation sites is 1. The lowest BCUT2D eigenvalue weighted by Gasteiger charge is -2.20. The zero-order valence-corrected chi connectivity index (χ0v) is 15.1. The van der Waals surface area contributed by atoms with Crippen molar-refractivity contribution in [3.63, 3.8) is 0 Å². The molecule has 2 atom stereocenters. The molecular formula is C21H22N2O4. The first kappa shape index (κ1) is 18.6. The fraction of sp³-hybridized carbons (Fsp3) is 0.286. The van der Waals surface area contributed by atoms with Gasteiger partial charge in [-0.1, -0.05) is 48.5 Å². The molecular weight excluding hydrogens is 344 g/mol. The van der Waals surface area contributed by atoms with Crippen LogP contribution in [0.25, 0.3) is 0 Å². The van der Waals surface area contributed by atoms with Gasteiger partial charge in [0.25, 0.3) is 0 Å². The van der Waals surface area contributed by atoms with E-state index in [1.807, 2.05) is 60.7 Å². The van der Waals surface area contributed by atoms with E-state index in [-0.39, 0.29) is 18.2 Å². The van der Waals surface area contributed by atoms with E-state index in [1.54, 1.807) is 4.90 Å². The Labute approximate surface area is 158 Å². The van der Waals surface area contributed by atoms with Gasteiger partial charge in [0.05, 0.1) is 13.0 Å².